The number of hydrogen-bond donors (Lipinski definition) is 2. The molecule has 0 radical (unpaired) electrons. The van der Waals surface area contributed by atoms with Gasteiger partial charge in [-0.05, 0) is 63.6 Å². The molecule has 0 amide bonds. The quantitative estimate of drug-likeness (QED) is 0.699. The summed E-state index contributed by atoms with van der Waals surface area (Å²) in [7, 11) is 0. The third-order valence-electron chi connectivity index (χ3n) is 4.25. The molecule has 0 aliphatic carbocycles. The van der Waals surface area contributed by atoms with E-state index in [1.807, 2.05) is 0 Å². The molecule has 1 aromatic rings. The molecule has 0 spiro atoms. The summed E-state index contributed by atoms with van der Waals surface area (Å²) < 4.78 is 0. The third-order valence-corrected chi connectivity index (χ3v) is 4.25. The summed E-state index contributed by atoms with van der Waals surface area (Å²) in [6.45, 7) is 17.8. The Morgan fingerprint density at radius 2 is 1.58 bits per heavy atom. The van der Waals surface area contributed by atoms with Crippen molar-refractivity contribution in [1.29, 1.82) is 0 Å². The van der Waals surface area contributed by atoms with E-state index in [4.69, 9.17) is 11.5 Å². The number of nitrogens with two attached hydrogens (primary N) is 2. The Morgan fingerprint density at radius 1 is 1.08 bits per heavy atom. The van der Waals surface area contributed by atoms with Crippen molar-refractivity contribution in [1.82, 2.24) is 0 Å². The van der Waals surface area contributed by atoms with Crippen LogP contribution in [0, 0.1) is 26.7 Å². The van der Waals surface area contributed by atoms with E-state index in [-0.39, 0.29) is 6.04 Å². The van der Waals surface area contributed by atoms with Crippen molar-refractivity contribution in [2.45, 2.75) is 67.9 Å². The van der Waals surface area contributed by atoms with Gasteiger partial charge in [0.25, 0.3) is 0 Å². The zero-order valence-electron chi connectivity index (χ0n) is 17.0. The molecule has 0 bridgehead atoms. The van der Waals surface area contributed by atoms with Gasteiger partial charge in [0.05, 0.1) is 0 Å². The van der Waals surface area contributed by atoms with Crippen LogP contribution in [-0.2, 0) is 0 Å². The van der Waals surface area contributed by atoms with Gasteiger partial charge in [0, 0.05) is 12.6 Å². The Hall–Kier alpha value is -1.38. The molecule has 1 rings (SSSR count). The van der Waals surface area contributed by atoms with Crippen LogP contribution in [0.1, 0.15) is 69.3 Å². The van der Waals surface area contributed by atoms with Gasteiger partial charge >= 0.3 is 0 Å². The molecule has 0 heterocycles. The van der Waals surface area contributed by atoms with Gasteiger partial charge in [-0.15, -0.1) is 0 Å². The van der Waals surface area contributed by atoms with Crippen LogP contribution in [0.5, 0.6) is 0 Å². The molecule has 1 atom stereocenters. The van der Waals surface area contributed by atoms with Gasteiger partial charge in [-0.3, -0.25) is 0 Å². The van der Waals surface area contributed by atoms with Crippen molar-refractivity contribution in [3.05, 3.63) is 57.7 Å². The number of aryl methyl sites for hydroxylation is 3. The van der Waals surface area contributed by atoms with Crippen LogP contribution in [0.2, 0.25) is 0 Å². The van der Waals surface area contributed by atoms with Crippen molar-refractivity contribution < 1.29 is 0 Å². The highest BCUT2D eigenvalue weighted by Gasteiger charge is 2.10. The molecule has 2 nitrogen and oxygen atoms in total. The Morgan fingerprint density at radius 3 is 1.96 bits per heavy atom. The van der Waals surface area contributed by atoms with E-state index in [0.29, 0.717) is 12.5 Å². The smallest absolute Gasteiger partial charge is 0.0424 e. The lowest BCUT2D eigenvalue weighted by Gasteiger charge is -2.16. The first kappa shape index (κ1) is 22.6. The SMILES string of the molecule is CC/C=C(C)\C=C(\C)C(C)C.Cc1cc(C)c(C(N)CN)c(C)c1. The number of hydrogen-bond acceptors (Lipinski definition) is 2. The van der Waals surface area contributed by atoms with Gasteiger partial charge in [-0.1, -0.05) is 61.8 Å². The molecule has 0 fully saturated rings. The fraction of sp³-hybridized carbons (Fsp3) is 0.545. The van der Waals surface area contributed by atoms with E-state index in [1.54, 1.807) is 0 Å². The second-order valence-corrected chi connectivity index (χ2v) is 7.05. The van der Waals surface area contributed by atoms with Crippen molar-refractivity contribution in [3.8, 4) is 0 Å². The van der Waals surface area contributed by atoms with E-state index < -0.39 is 0 Å². The fourth-order valence-corrected chi connectivity index (χ4v) is 2.80. The van der Waals surface area contributed by atoms with Crippen LogP contribution in [0.15, 0.2) is 35.4 Å². The fourth-order valence-electron chi connectivity index (χ4n) is 2.80. The van der Waals surface area contributed by atoms with Crippen molar-refractivity contribution in [2.24, 2.45) is 17.4 Å². The number of rotatable bonds is 5. The lowest BCUT2D eigenvalue weighted by atomic mass is 9.94. The molecular weight excluding hydrogens is 292 g/mol. The molecule has 0 saturated carbocycles. The maximum atomic E-state index is 5.92. The van der Waals surface area contributed by atoms with E-state index in [9.17, 15) is 0 Å². The highest BCUT2D eigenvalue weighted by molar-refractivity contribution is 5.39. The van der Waals surface area contributed by atoms with Gasteiger partial charge in [0.1, 0.15) is 0 Å². The number of benzene rings is 1. The van der Waals surface area contributed by atoms with Crippen molar-refractivity contribution >= 4 is 0 Å². The van der Waals surface area contributed by atoms with E-state index in [1.165, 1.54) is 33.4 Å². The summed E-state index contributed by atoms with van der Waals surface area (Å²) in [5, 5.41) is 0. The molecule has 0 aromatic heterocycles. The Balaban J connectivity index is 0.000000449. The minimum Gasteiger partial charge on any atom is -0.329 e. The monoisotopic (exact) mass is 330 g/mol. The van der Waals surface area contributed by atoms with Crippen LogP contribution in [0.25, 0.3) is 0 Å². The van der Waals surface area contributed by atoms with Gasteiger partial charge in [0.15, 0.2) is 0 Å². The second kappa shape index (κ2) is 11.2. The van der Waals surface area contributed by atoms with Gasteiger partial charge < -0.3 is 11.5 Å². The van der Waals surface area contributed by atoms with Crippen LogP contribution in [0.4, 0.5) is 0 Å². The highest BCUT2D eigenvalue weighted by Crippen LogP contribution is 2.21. The molecule has 0 aliphatic heterocycles. The average Bonchev–Trinajstić information content (AvgIpc) is 2.46. The number of allylic oxidation sites excluding steroid dienone is 4. The Labute approximate surface area is 150 Å². The topological polar surface area (TPSA) is 52.0 Å². The lowest BCUT2D eigenvalue weighted by molar-refractivity contribution is 0.725. The van der Waals surface area contributed by atoms with Crippen LogP contribution >= 0.6 is 0 Å². The Kier molecular flexibility index (Phi) is 10.6. The standard InChI is InChI=1S/C11H18N2.C11H20/c1-7-4-8(2)11(9(3)5-7)10(13)6-12;1-6-7-10(4)8-11(5)9(2)3/h4-5,10H,6,12-13H2,1-3H3;7-9H,6H2,1-5H3/b;10-7-,11-8-. The zero-order valence-corrected chi connectivity index (χ0v) is 17.0. The molecule has 0 saturated heterocycles. The first-order valence-electron chi connectivity index (χ1n) is 9.02. The third kappa shape index (κ3) is 7.94. The first-order valence-corrected chi connectivity index (χ1v) is 9.02. The summed E-state index contributed by atoms with van der Waals surface area (Å²) in [4.78, 5) is 0. The molecule has 24 heavy (non-hydrogen) atoms. The zero-order chi connectivity index (χ0) is 18.9. The molecule has 1 aromatic carbocycles. The summed E-state index contributed by atoms with van der Waals surface area (Å²) in [6, 6.07) is 4.27. The van der Waals surface area contributed by atoms with Crippen LogP contribution < -0.4 is 11.5 Å². The minimum atomic E-state index is -0.0272. The highest BCUT2D eigenvalue weighted by atomic mass is 14.7. The predicted octanol–water partition coefficient (Wildman–Crippen LogP) is 5.52. The van der Waals surface area contributed by atoms with Gasteiger partial charge in [0.2, 0.25) is 0 Å². The van der Waals surface area contributed by atoms with Crippen molar-refractivity contribution in [2.75, 3.05) is 6.54 Å². The van der Waals surface area contributed by atoms with E-state index in [0.717, 1.165) is 6.42 Å². The molecule has 1 unspecified atom stereocenters. The van der Waals surface area contributed by atoms with Crippen molar-refractivity contribution in [3.63, 3.8) is 0 Å². The van der Waals surface area contributed by atoms with Crippen LogP contribution in [0.3, 0.4) is 0 Å². The van der Waals surface area contributed by atoms with E-state index >= 15 is 0 Å². The molecule has 136 valence electrons. The predicted molar refractivity (Wildman–Crippen MR) is 109 cm³/mol. The maximum Gasteiger partial charge on any atom is 0.0424 e. The van der Waals surface area contributed by atoms with Gasteiger partial charge in [-0.25, -0.2) is 0 Å². The molecular formula is C22H38N2. The van der Waals surface area contributed by atoms with E-state index in [2.05, 4.69) is 79.7 Å². The summed E-state index contributed by atoms with van der Waals surface area (Å²) in [6.07, 6.45) is 5.66. The normalized spacial score (nSPS) is 13.6. The summed E-state index contributed by atoms with van der Waals surface area (Å²) in [5.41, 5.74) is 19.3. The molecule has 2 heteroatoms. The summed E-state index contributed by atoms with van der Waals surface area (Å²) in [5.74, 6) is 0.676. The first-order chi connectivity index (χ1) is 11.1. The van der Waals surface area contributed by atoms with Crippen LogP contribution in [-0.4, -0.2) is 6.54 Å². The minimum absolute atomic E-state index is 0.0272. The largest absolute Gasteiger partial charge is 0.329 e. The second-order valence-electron chi connectivity index (χ2n) is 7.05. The molecule has 0 aliphatic rings. The van der Waals surface area contributed by atoms with Gasteiger partial charge in [-0.2, -0.15) is 0 Å². The molecule has 4 N–H and O–H groups in total. The Bertz CT molecular complexity index is 542. The lowest BCUT2D eigenvalue weighted by Crippen LogP contribution is -2.22. The summed E-state index contributed by atoms with van der Waals surface area (Å²) >= 11 is 0. The maximum absolute atomic E-state index is 5.92. The average molecular weight is 331 g/mol.